The molecule has 1 atom stereocenters. The second-order valence-electron chi connectivity index (χ2n) is 10.9. The number of hydrogen-bond donors (Lipinski definition) is 1. The first-order chi connectivity index (χ1) is 21.2. The van der Waals surface area contributed by atoms with Crippen LogP contribution in [0.4, 0.5) is 24.7 Å². The van der Waals surface area contributed by atoms with Crippen molar-refractivity contribution in [2.24, 2.45) is 0 Å². The van der Waals surface area contributed by atoms with Crippen molar-refractivity contribution in [1.29, 1.82) is 0 Å². The van der Waals surface area contributed by atoms with E-state index in [0.29, 0.717) is 15.4 Å². The highest BCUT2D eigenvalue weighted by molar-refractivity contribution is 7.92. The summed E-state index contributed by atoms with van der Waals surface area (Å²) in [6, 6.07) is 10.1. The number of thiophene rings is 1. The van der Waals surface area contributed by atoms with Crippen molar-refractivity contribution in [3.63, 3.8) is 0 Å². The maximum atomic E-state index is 13.2. The Hall–Kier alpha value is -3.51. The molecule has 1 unspecified atom stereocenters. The van der Waals surface area contributed by atoms with Crippen LogP contribution in [0.2, 0.25) is 5.02 Å². The summed E-state index contributed by atoms with van der Waals surface area (Å²) < 4.78 is 96.3. The molecule has 4 aromatic rings. The number of aromatic nitrogens is 2. The number of ether oxygens (including phenoxy) is 2. The summed E-state index contributed by atoms with van der Waals surface area (Å²) in [7, 11) is -3.73. The van der Waals surface area contributed by atoms with Gasteiger partial charge in [0.25, 0.3) is 5.91 Å². The van der Waals surface area contributed by atoms with Crippen LogP contribution in [0.1, 0.15) is 48.5 Å². The van der Waals surface area contributed by atoms with Crippen LogP contribution in [-0.2, 0) is 26.5 Å². The van der Waals surface area contributed by atoms with Crippen LogP contribution >= 0.6 is 22.9 Å². The fourth-order valence-corrected chi connectivity index (χ4v) is 7.08. The molecule has 0 fully saturated rings. The molecule has 0 aliphatic carbocycles. The number of fused-ring (bicyclic) bond motifs is 1. The molecule has 0 spiro atoms. The average molecular weight is 720 g/mol. The Balaban J connectivity index is 1.64. The van der Waals surface area contributed by atoms with Gasteiger partial charge in [-0.25, -0.2) is 18.4 Å². The molecular formula is C28H27ClF3N4O7S3-. The first-order valence-corrected chi connectivity index (χ1v) is 17.5. The lowest BCUT2D eigenvalue weighted by molar-refractivity contribution is -0.274. The number of rotatable bonds is 11. The minimum atomic E-state index is -4.92. The van der Waals surface area contributed by atoms with Gasteiger partial charge in [0.2, 0.25) is 0 Å². The maximum Gasteiger partial charge on any atom is 0.573 e. The van der Waals surface area contributed by atoms with E-state index in [1.807, 2.05) is 0 Å². The molecule has 11 nitrogen and oxygen atoms in total. The second kappa shape index (κ2) is 13.3. The first kappa shape index (κ1) is 35.3. The van der Waals surface area contributed by atoms with E-state index < -0.39 is 50.4 Å². The van der Waals surface area contributed by atoms with Crippen LogP contribution in [0.3, 0.4) is 0 Å². The zero-order chi connectivity index (χ0) is 34.2. The molecule has 1 N–H and O–H groups in total. The molecule has 0 bridgehead atoms. The fraction of sp³-hybridized carbons (Fsp3) is 0.321. The van der Waals surface area contributed by atoms with Crippen LogP contribution in [0.5, 0.6) is 11.5 Å². The van der Waals surface area contributed by atoms with Gasteiger partial charge in [0.05, 0.1) is 17.2 Å². The Labute approximate surface area is 274 Å². The van der Waals surface area contributed by atoms with Crippen molar-refractivity contribution in [2.45, 2.75) is 45.6 Å². The van der Waals surface area contributed by atoms with Gasteiger partial charge in [-0.05, 0) is 61.4 Å². The zero-order valence-corrected chi connectivity index (χ0v) is 28.0. The van der Waals surface area contributed by atoms with E-state index in [9.17, 15) is 35.1 Å². The Morgan fingerprint density at radius 3 is 2.37 bits per heavy atom. The third kappa shape index (κ3) is 9.06. The number of nitrogens with zero attached hydrogens (tertiary/aromatic N) is 3. The highest BCUT2D eigenvalue weighted by Crippen LogP contribution is 2.39. The van der Waals surface area contributed by atoms with Gasteiger partial charge in [-0.1, -0.05) is 25.4 Å². The number of nitrogens with one attached hydrogen (secondary N) is 1. The summed E-state index contributed by atoms with van der Waals surface area (Å²) in [5.74, 6) is -1.96. The molecule has 248 valence electrons. The molecule has 2 heterocycles. The molecule has 1 amide bonds. The highest BCUT2D eigenvalue weighted by atomic mass is 35.5. The molecule has 0 saturated heterocycles. The smallest absolute Gasteiger partial charge is 0.573 e. The monoisotopic (exact) mass is 719 g/mol. The molecular weight excluding hydrogens is 693 g/mol. The van der Waals surface area contributed by atoms with Crippen LogP contribution in [0.15, 0.2) is 48.7 Å². The van der Waals surface area contributed by atoms with Gasteiger partial charge in [-0.15, -0.1) is 24.5 Å². The number of amides is 1. The summed E-state index contributed by atoms with van der Waals surface area (Å²) in [4.78, 5) is 22.0. The molecule has 18 heteroatoms. The number of carbonyl (C=O) groups is 1. The van der Waals surface area contributed by atoms with Crippen molar-refractivity contribution < 1.29 is 44.6 Å². The number of hydrogen-bond acceptors (Lipinski definition) is 10. The Kier molecular flexibility index (Phi) is 10.2. The zero-order valence-electron chi connectivity index (χ0n) is 24.8. The molecule has 2 aromatic heterocycles. The Morgan fingerprint density at radius 1 is 1.11 bits per heavy atom. The van der Waals surface area contributed by atoms with Gasteiger partial charge < -0.3 is 19.3 Å². The normalized spacial score (nSPS) is 13.1. The summed E-state index contributed by atoms with van der Waals surface area (Å²) in [5, 5.41) is 2.97. The standard InChI is InChI=1S/C28H28ClF3N4O7S3/c1-15(2)42-20-8-17(9-21(11-20)43-28(30,31)32)27(3,4)16-6-18(29)10-19(7-16)34-25(37)23-12-22-26(44-23)33-13-24(35-22)36(45(38)39)14-46(5,40)41/h6-13,15H,14H2,1-5H3,(H,34,37)(H,38,39)/p-1. The van der Waals surface area contributed by atoms with Crippen molar-refractivity contribution in [2.75, 3.05) is 21.8 Å². The molecule has 2 aromatic carbocycles. The van der Waals surface area contributed by atoms with Gasteiger partial charge in [0.15, 0.2) is 15.7 Å². The number of anilines is 2. The second-order valence-corrected chi connectivity index (χ2v) is 15.3. The first-order valence-electron chi connectivity index (χ1n) is 13.2. The summed E-state index contributed by atoms with van der Waals surface area (Å²) >= 11 is 4.41. The van der Waals surface area contributed by atoms with Gasteiger partial charge in [0, 0.05) is 39.7 Å². The van der Waals surface area contributed by atoms with Gasteiger partial charge in [-0.2, -0.15) is 0 Å². The predicted molar refractivity (Wildman–Crippen MR) is 169 cm³/mol. The van der Waals surface area contributed by atoms with E-state index in [-0.39, 0.29) is 43.6 Å². The quantitative estimate of drug-likeness (QED) is 0.178. The van der Waals surface area contributed by atoms with Gasteiger partial charge in [0.1, 0.15) is 27.7 Å². The molecule has 0 aliphatic heterocycles. The molecule has 0 saturated carbocycles. The summed E-state index contributed by atoms with van der Waals surface area (Å²) in [6.45, 7) is 6.99. The van der Waals surface area contributed by atoms with E-state index in [2.05, 4.69) is 20.0 Å². The maximum absolute atomic E-state index is 13.2. The fourth-order valence-electron chi connectivity index (χ4n) is 4.29. The van der Waals surface area contributed by atoms with E-state index in [0.717, 1.165) is 29.9 Å². The lowest BCUT2D eigenvalue weighted by Crippen LogP contribution is -2.31. The lowest BCUT2D eigenvalue weighted by Gasteiger charge is -2.28. The summed E-state index contributed by atoms with van der Waals surface area (Å²) in [6.07, 6.45) is -3.29. The van der Waals surface area contributed by atoms with Crippen molar-refractivity contribution in [3.8, 4) is 11.5 Å². The van der Waals surface area contributed by atoms with Crippen LogP contribution in [0.25, 0.3) is 10.3 Å². The molecule has 0 radical (unpaired) electrons. The van der Waals surface area contributed by atoms with E-state index in [4.69, 9.17) is 16.3 Å². The van der Waals surface area contributed by atoms with Crippen molar-refractivity contribution in [1.82, 2.24) is 9.97 Å². The van der Waals surface area contributed by atoms with E-state index in [1.54, 1.807) is 45.9 Å². The molecule has 4 rings (SSSR count). The largest absolute Gasteiger partial charge is 0.755 e. The predicted octanol–water partition coefficient (Wildman–Crippen LogP) is 6.21. The van der Waals surface area contributed by atoms with Crippen molar-refractivity contribution in [3.05, 3.63) is 69.7 Å². The topological polar surface area (TPSA) is 151 Å². The highest BCUT2D eigenvalue weighted by Gasteiger charge is 2.33. The van der Waals surface area contributed by atoms with Crippen LogP contribution < -0.4 is 19.1 Å². The van der Waals surface area contributed by atoms with Gasteiger partial charge in [-0.3, -0.25) is 13.3 Å². The third-order valence-electron chi connectivity index (χ3n) is 6.32. The lowest BCUT2D eigenvalue weighted by atomic mass is 9.78. The van der Waals surface area contributed by atoms with Gasteiger partial charge >= 0.3 is 6.36 Å². The number of sulfone groups is 1. The van der Waals surface area contributed by atoms with Crippen molar-refractivity contribution >= 4 is 71.8 Å². The van der Waals surface area contributed by atoms with E-state index >= 15 is 0 Å². The SMILES string of the molecule is CC(C)Oc1cc(OC(F)(F)F)cc(C(C)(C)c2cc(Cl)cc(NC(=O)c3cc4nc(N(CS(C)(=O)=O)S(=O)[O-])cnc4s3)c2)c1. The minimum absolute atomic E-state index is 0.151. The molecule has 0 aliphatic rings. The summed E-state index contributed by atoms with van der Waals surface area (Å²) in [5.41, 5.74) is 0.458. The average Bonchev–Trinajstić information content (AvgIpc) is 3.33. The Bertz CT molecular complexity index is 1920. The Morgan fingerprint density at radius 2 is 1.76 bits per heavy atom. The number of alkyl halides is 3. The minimum Gasteiger partial charge on any atom is -0.755 e. The number of halogens is 4. The molecule has 46 heavy (non-hydrogen) atoms. The van der Waals surface area contributed by atoms with Crippen LogP contribution in [-0.4, -0.2) is 57.7 Å². The number of benzene rings is 2. The third-order valence-corrected chi connectivity index (χ3v) is 9.14. The van der Waals surface area contributed by atoms with Crippen LogP contribution in [0, 0.1) is 0 Å². The number of carbonyl (C=O) groups excluding carboxylic acids is 1. The van der Waals surface area contributed by atoms with E-state index in [1.165, 1.54) is 18.2 Å².